The molecule has 0 N–H and O–H groups in total. The van der Waals surface area contributed by atoms with Crippen LogP contribution in [0.5, 0.6) is 5.75 Å². The Morgan fingerprint density at radius 3 is 2.47 bits per heavy atom. The highest BCUT2D eigenvalue weighted by molar-refractivity contribution is 6.16. The number of methoxy groups -OCH3 is 1. The monoisotopic (exact) mass is 473 g/mol. The molecule has 0 radical (unpaired) electrons. The molecule has 8 heteroatoms. The summed E-state index contributed by atoms with van der Waals surface area (Å²) < 4.78 is 11.2. The highest BCUT2D eigenvalue weighted by Crippen LogP contribution is 2.40. The maximum absolute atomic E-state index is 13.6. The smallest absolute Gasteiger partial charge is 0.280 e. The fourth-order valence-corrected chi connectivity index (χ4v) is 5.06. The van der Waals surface area contributed by atoms with Crippen LogP contribution in [-0.2, 0) is 14.3 Å². The van der Waals surface area contributed by atoms with E-state index in [0.29, 0.717) is 36.6 Å². The number of hydrogen-bond donors (Lipinski definition) is 0. The second-order valence-electron chi connectivity index (χ2n) is 9.92. The van der Waals surface area contributed by atoms with Crippen LogP contribution >= 0.6 is 0 Å². The lowest BCUT2D eigenvalue weighted by Crippen LogP contribution is -2.62. The molecule has 2 aliphatic rings. The summed E-state index contributed by atoms with van der Waals surface area (Å²) >= 11 is 0. The van der Waals surface area contributed by atoms with Gasteiger partial charge in [-0.25, -0.2) is 0 Å². The minimum absolute atomic E-state index is 0.0355. The van der Waals surface area contributed by atoms with Crippen molar-refractivity contribution in [1.82, 2.24) is 9.80 Å². The largest absolute Gasteiger partial charge is 0.465 e. The molecule has 1 aromatic rings. The summed E-state index contributed by atoms with van der Waals surface area (Å²) in [5, 5.41) is 0. The van der Waals surface area contributed by atoms with E-state index in [1.165, 1.54) is 18.2 Å². The second kappa shape index (κ2) is 10.8. The number of likely N-dealkylation sites (N-methyl/N-ethyl adjacent to an activating group) is 1. The van der Waals surface area contributed by atoms with Crippen LogP contribution in [0.15, 0.2) is 18.2 Å². The zero-order chi connectivity index (χ0) is 25.0. The maximum Gasteiger partial charge on any atom is 0.280 e. The standard InChI is InChI=1S/C26H39N3O5/c1-18(2)29(20-11-8-7-9-12-20)23(30)19-13-14-22-21(17-19)28(15-10-16-33-6)25(32)26(3,34-22)24(31)27(4)5/h13-14,17-18,20H,7-12,15-16H2,1-6H3. The molecule has 1 atom stereocenters. The number of ether oxygens (including phenoxy) is 2. The van der Waals surface area contributed by atoms with Crippen LogP contribution < -0.4 is 9.64 Å². The molecule has 188 valence electrons. The van der Waals surface area contributed by atoms with E-state index < -0.39 is 17.4 Å². The summed E-state index contributed by atoms with van der Waals surface area (Å²) in [5.41, 5.74) is -0.627. The third kappa shape index (κ3) is 5.06. The van der Waals surface area contributed by atoms with E-state index in [2.05, 4.69) is 0 Å². The number of carbonyl (C=O) groups is 3. The van der Waals surface area contributed by atoms with Gasteiger partial charge in [-0.1, -0.05) is 19.3 Å². The molecule has 3 amide bonds. The summed E-state index contributed by atoms with van der Waals surface area (Å²) in [5.74, 6) is -0.484. The first kappa shape index (κ1) is 26.0. The van der Waals surface area contributed by atoms with E-state index in [9.17, 15) is 14.4 Å². The van der Waals surface area contributed by atoms with Gasteiger partial charge in [0.2, 0.25) is 0 Å². The van der Waals surface area contributed by atoms with Gasteiger partial charge in [0.05, 0.1) is 5.69 Å². The lowest BCUT2D eigenvalue weighted by atomic mass is 9.92. The number of carbonyl (C=O) groups excluding carboxylic acids is 3. The van der Waals surface area contributed by atoms with Crippen molar-refractivity contribution in [3.05, 3.63) is 23.8 Å². The summed E-state index contributed by atoms with van der Waals surface area (Å²) in [6, 6.07) is 5.49. The highest BCUT2D eigenvalue weighted by Gasteiger charge is 2.51. The van der Waals surface area contributed by atoms with Crippen molar-refractivity contribution in [2.45, 2.75) is 77.0 Å². The number of rotatable bonds is 8. The van der Waals surface area contributed by atoms with Crippen LogP contribution in [0.4, 0.5) is 5.69 Å². The Kier molecular flexibility index (Phi) is 8.23. The van der Waals surface area contributed by atoms with Crippen molar-refractivity contribution < 1.29 is 23.9 Å². The first-order chi connectivity index (χ1) is 16.1. The summed E-state index contributed by atoms with van der Waals surface area (Å²) in [6.07, 6.45) is 6.12. The van der Waals surface area contributed by atoms with E-state index >= 15 is 0 Å². The van der Waals surface area contributed by atoms with Gasteiger partial charge in [0.15, 0.2) is 0 Å². The minimum Gasteiger partial charge on any atom is -0.465 e. The van der Waals surface area contributed by atoms with Gasteiger partial charge in [-0.05, 0) is 58.2 Å². The lowest BCUT2D eigenvalue weighted by Gasteiger charge is -2.41. The van der Waals surface area contributed by atoms with Gasteiger partial charge in [0.1, 0.15) is 5.75 Å². The zero-order valence-electron chi connectivity index (χ0n) is 21.4. The molecule has 1 aromatic carbocycles. The predicted molar refractivity (Wildman–Crippen MR) is 131 cm³/mol. The highest BCUT2D eigenvalue weighted by atomic mass is 16.5. The van der Waals surface area contributed by atoms with Crippen LogP contribution in [0, 0.1) is 0 Å². The third-order valence-electron chi connectivity index (χ3n) is 6.77. The Balaban J connectivity index is 1.99. The molecule has 1 fully saturated rings. The number of hydrogen-bond acceptors (Lipinski definition) is 5. The van der Waals surface area contributed by atoms with E-state index in [1.807, 2.05) is 18.7 Å². The number of fused-ring (bicyclic) bond motifs is 1. The third-order valence-corrected chi connectivity index (χ3v) is 6.77. The van der Waals surface area contributed by atoms with Gasteiger partial charge >= 0.3 is 0 Å². The SMILES string of the molecule is COCCCN1C(=O)C(C)(C(=O)N(C)C)Oc2ccc(C(=O)N(C(C)C)C3CCCCC3)cc21. The Labute approximate surface area is 203 Å². The van der Waals surface area contributed by atoms with Crippen molar-refractivity contribution in [2.75, 3.05) is 39.3 Å². The average Bonchev–Trinajstić information content (AvgIpc) is 2.81. The molecule has 34 heavy (non-hydrogen) atoms. The van der Waals surface area contributed by atoms with E-state index in [1.54, 1.807) is 44.3 Å². The van der Waals surface area contributed by atoms with E-state index in [0.717, 1.165) is 25.7 Å². The Bertz CT molecular complexity index is 910. The molecule has 3 rings (SSSR count). The van der Waals surface area contributed by atoms with Crippen molar-refractivity contribution in [1.29, 1.82) is 0 Å². The van der Waals surface area contributed by atoms with E-state index in [4.69, 9.17) is 9.47 Å². The molecule has 1 heterocycles. The van der Waals surface area contributed by atoms with Crippen LogP contribution in [0.25, 0.3) is 0 Å². The molecule has 0 saturated heterocycles. The molecule has 0 bridgehead atoms. The number of nitrogens with zero attached hydrogens (tertiary/aromatic N) is 3. The lowest BCUT2D eigenvalue weighted by molar-refractivity contribution is -0.154. The molecule has 1 unspecified atom stereocenters. The first-order valence-electron chi connectivity index (χ1n) is 12.3. The molecular weight excluding hydrogens is 434 g/mol. The van der Waals surface area contributed by atoms with Gasteiger partial charge < -0.3 is 24.2 Å². The summed E-state index contributed by atoms with van der Waals surface area (Å²) in [7, 11) is 4.81. The van der Waals surface area contributed by atoms with Crippen LogP contribution in [0.1, 0.15) is 69.7 Å². The molecule has 0 aromatic heterocycles. The minimum atomic E-state index is -1.67. The van der Waals surface area contributed by atoms with Crippen molar-refractivity contribution in [3.63, 3.8) is 0 Å². The van der Waals surface area contributed by atoms with Gasteiger partial charge in [0.25, 0.3) is 23.3 Å². The number of benzene rings is 1. The molecule has 0 spiro atoms. The molecule has 1 saturated carbocycles. The molecule has 1 aliphatic carbocycles. The fraction of sp³-hybridized carbons (Fsp3) is 0.654. The quantitative estimate of drug-likeness (QED) is 0.427. The topological polar surface area (TPSA) is 79.4 Å². The van der Waals surface area contributed by atoms with Gasteiger partial charge in [-0.15, -0.1) is 0 Å². The Morgan fingerprint density at radius 1 is 1.21 bits per heavy atom. The van der Waals surface area contributed by atoms with E-state index in [-0.39, 0.29) is 18.0 Å². The normalized spacial score (nSPS) is 20.7. The number of amides is 3. The van der Waals surface area contributed by atoms with Crippen LogP contribution in [0.2, 0.25) is 0 Å². The van der Waals surface area contributed by atoms with Crippen molar-refractivity contribution >= 4 is 23.4 Å². The summed E-state index contributed by atoms with van der Waals surface area (Å²) in [4.78, 5) is 45.0. The van der Waals surface area contributed by atoms with Crippen molar-refractivity contribution in [3.8, 4) is 5.75 Å². The van der Waals surface area contributed by atoms with Crippen LogP contribution in [-0.4, -0.2) is 79.6 Å². The summed E-state index contributed by atoms with van der Waals surface area (Å²) in [6.45, 7) is 6.43. The second-order valence-corrected chi connectivity index (χ2v) is 9.92. The van der Waals surface area contributed by atoms with Gasteiger partial charge in [-0.2, -0.15) is 0 Å². The van der Waals surface area contributed by atoms with Crippen LogP contribution in [0.3, 0.4) is 0 Å². The van der Waals surface area contributed by atoms with Gasteiger partial charge in [-0.3, -0.25) is 14.4 Å². The predicted octanol–water partition coefficient (Wildman–Crippen LogP) is 3.48. The maximum atomic E-state index is 13.6. The van der Waals surface area contributed by atoms with Gasteiger partial charge in [0, 0.05) is 52.0 Å². The Morgan fingerprint density at radius 2 is 1.88 bits per heavy atom. The molecular formula is C26H39N3O5. The Hall–Kier alpha value is -2.61. The fourth-order valence-electron chi connectivity index (χ4n) is 5.06. The molecule has 8 nitrogen and oxygen atoms in total. The average molecular weight is 474 g/mol. The number of anilines is 1. The first-order valence-corrected chi connectivity index (χ1v) is 12.3. The van der Waals surface area contributed by atoms with Crippen molar-refractivity contribution in [2.24, 2.45) is 0 Å². The molecule has 1 aliphatic heterocycles. The zero-order valence-corrected chi connectivity index (χ0v) is 21.4.